The number of nitrogens with one attached hydrogen (secondary N) is 1. The zero-order chi connectivity index (χ0) is 21.8. The van der Waals surface area contributed by atoms with E-state index in [0.29, 0.717) is 15.1 Å². The molecule has 1 amide bonds. The Balaban J connectivity index is 1.69. The van der Waals surface area contributed by atoms with Gasteiger partial charge in [-0.25, -0.2) is 5.43 Å². The smallest absolute Gasteiger partial charge is 0.253 e. The zero-order valence-corrected chi connectivity index (χ0v) is 19.7. The highest BCUT2D eigenvalue weighted by molar-refractivity contribution is 8.00. The van der Waals surface area contributed by atoms with Crippen molar-refractivity contribution in [3.63, 3.8) is 0 Å². The van der Waals surface area contributed by atoms with E-state index in [2.05, 4.69) is 10.5 Å². The summed E-state index contributed by atoms with van der Waals surface area (Å²) in [6, 6.07) is 14.8. The van der Waals surface area contributed by atoms with E-state index in [1.807, 2.05) is 55.7 Å². The van der Waals surface area contributed by atoms with Crippen molar-refractivity contribution in [1.82, 2.24) is 9.99 Å². The third kappa shape index (κ3) is 5.61. The Morgan fingerprint density at radius 2 is 1.67 bits per heavy atom. The van der Waals surface area contributed by atoms with Crippen molar-refractivity contribution in [1.29, 1.82) is 0 Å². The standard InChI is InChI=1S/C22H20Cl3N3OS/c1-13-8-16(14(2)28(13)20-10-18(24)9-19(25)11-20)12-26-27-22(29)15(3)30-21-6-4-17(23)5-7-21/h4-12,15H,1-3H3,(H,27,29)/b26-12-/t15-/m1/s1. The van der Waals surface area contributed by atoms with Gasteiger partial charge in [0, 0.05) is 42.6 Å². The molecule has 1 N–H and O–H groups in total. The summed E-state index contributed by atoms with van der Waals surface area (Å²) in [7, 11) is 0. The van der Waals surface area contributed by atoms with E-state index in [9.17, 15) is 4.79 Å². The SMILES string of the molecule is Cc1cc(/C=N\NC(=O)[C@@H](C)Sc2ccc(Cl)cc2)c(C)n1-c1cc(Cl)cc(Cl)c1. The van der Waals surface area contributed by atoms with E-state index in [1.165, 1.54) is 11.8 Å². The molecule has 30 heavy (non-hydrogen) atoms. The molecule has 0 spiro atoms. The third-order valence-electron chi connectivity index (χ3n) is 4.45. The molecule has 0 fully saturated rings. The summed E-state index contributed by atoms with van der Waals surface area (Å²) in [5, 5.41) is 5.64. The molecule has 1 heterocycles. The molecule has 4 nitrogen and oxygen atoms in total. The molecular formula is C22H20Cl3N3OS. The number of rotatable bonds is 6. The van der Waals surface area contributed by atoms with Crippen LogP contribution >= 0.6 is 46.6 Å². The van der Waals surface area contributed by atoms with E-state index in [0.717, 1.165) is 27.5 Å². The number of aromatic nitrogens is 1. The lowest BCUT2D eigenvalue weighted by Crippen LogP contribution is -2.26. The van der Waals surface area contributed by atoms with Crippen LogP contribution in [0.3, 0.4) is 0 Å². The molecule has 2 aromatic carbocycles. The van der Waals surface area contributed by atoms with Gasteiger partial charge in [-0.2, -0.15) is 5.10 Å². The number of halogens is 3. The van der Waals surface area contributed by atoms with Gasteiger partial charge in [0.15, 0.2) is 0 Å². The average Bonchev–Trinajstić information content (AvgIpc) is 2.96. The molecule has 0 aliphatic heterocycles. The van der Waals surface area contributed by atoms with Crippen LogP contribution in [0.2, 0.25) is 15.1 Å². The summed E-state index contributed by atoms with van der Waals surface area (Å²) in [5.74, 6) is -0.179. The second-order valence-corrected chi connectivity index (χ2v) is 9.46. The van der Waals surface area contributed by atoms with Gasteiger partial charge in [-0.1, -0.05) is 34.8 Å². The molecule has 0 saturated carbocycles. The van der Waals surface area contributed by atoms with Crippen LogP contribution < -0.4 is 5.43 Å². The number of hydrogen-bond donors (Lipinski definition) is 1. The molecule has 3 rings (SSSR count). The molecule has 1 aromatic heterocycles. The molecule has 0 aliphatic carbocycles. The monoisotopic (exact) mass is 479 g/mol. The fourth-order valence-corrected chi connectivity index (χ4v) is 4.51. The first-order valence-corrected chi connectivity index (χ1v) is 11.2. The maximum Gasteiger partial charge on any atom is 0.253 e. The topological polar surface area (TPSA) is 46.4 Å². The van der Waals surface area contributed by atoms with Crippen LogP contribution in [0, 0.1) is 13.8 Å². The Kier molecular flexibility index (Phi) is 7.53. The van der Waals surface area contributed by atoms with Gasteiger partial charge >= 0.3 is 0 Å². The quantitative estimate of drug-likeness (QED) is 0.243. The van der Waals surface area contributed by atoms with Crippen LogP contribution in [0.5, 0.6) is 0 Å². The second-order valence-electron chi connectivity index (χ2n) is 6.74. The van der Waals surface area contributed by atoms with Gasteiger partial charge in [0.1, 0.15) is 0 Å². The van der Waals surface area contributed by atoms with E-state index in [4.69, 9.17) is 34.8 Å². The third-order valence-corrected chi connectivity index (χ3v) is 6.25. The molecule has 3 aromatic rings. The minimum Gasteiger partial charge on any atom is -0.318 e. The predicted molar refractivity (Wildman–Crippen MR) is 128 cm³/mol. The Hall–Kier alpha value is -1.92. The Labute approximate surface area is 195 Å². The summed E-state index contributed by atoms with van der Waals surface area (Å²) in [6.07, 6.45) is 1.64. The van der Waals surface area contributed by atoms with Gasteiger partial charge < -0.3 is 4.57 Å². The molecule has 0 bridgehead atoms. The minimum absolute atomic E-state index is 0.179. The van der Waals surface area contributed by atoms with Crippen LogP contribution in [-0.4, -0.2) is 21.9 Å². The van der Waals surface area contributed by atoms with Crippen molar-refractivity contribution in [3.8, 4) is 5.69 Å². The highest BCUT2D eigenvalue weighted by Crippen LogP contribution is 2.26. The van der Waals surface area contributed by atoms with Gasteiger partial charge in [-0.15, -0.1) is 11.8 Å². The second kappa shape index (κ2) is 9.92. The molecular weight excluding hydrogens is 461 g/mol. The summed E-state index contributed by atoms with van der Waals surface area (Å²) < 4.78 is 2.04. The van der Waals surface area contributed by atoms with Crippen LogP contribution in [0.25, 0.3) is 5.69 Å². The van der Waals surface area contributed by atoms with E-state index < -0.39 is 0 Å². The number of benzene rings is 2. The average molecular weight is 481 g/mol. The lowest BCUT2D eigenvalue weighted by Gasteiger charge is -2.11. The fourth-order valence-electron chi connectivity index (χ4n) is 3.01. The first kappa shape index (κ1) is 22.8. The Morgan fingerprint density at radius 3 is 2.30 bits per heavy atom. The van der Waals surface area contributed by atoms with Gasteiger partial charge in [0.25, 0.3) is 5.91 Å². The first-order valence-electron chi connectivity index (χ1n) is 9.15. The lowest BCUT2D eigenvalue weighted by molar-refractivity contribution is -0.120. The van der Waals surface area contributed by atoms with Crippen molar-refractivity contribution in [2.45, 2.75) is 30.9 Å². The number of aryl methyl sites for hydroxylation is 1. The van der Waals surface area contributed by atoms with Crippen LogP contribution in [0.4, 0.5) is 0 Å². The lowest BCUT2D eigenvalue weighted by atomic mass is 10.2. The van der Waals surface area contributed by atoms with Crippen molar-refractivity contribution in [2.75, 3.05) is 0 Å². The number of hydrazone groups is 1. The van der Waals surface area contributed by atoms with Gasteiger partial charge in [-0.3, -0.25) is 4.79 Å². The number of carbonyl (C=O) groups excluding carboxylic acids is 1. The molecule has 156 valence electrons. The van der Waals surface area contributed by atoms with Gasteiger partial charge in [-0.05, 0) is 69.3 Å². The molecule has 8 heteroatoms. The van der Waals surface area contributed by atoms with Crippen LogP contribution in [-0.2, 0) is 4.79 Å². The summed E-state index contributed by atoms with van der Waals surface area (Å²) in [5.41, 5.74) is 6.34. The van der Waals surface area contributed by atoms with Crippen molar-refractivity contribution in [2.24, 2.45) is 5.10 Å². The Bertz CT molecular complexity index is 1070. The largest absolute Gasteiger partial charge is 0.318 e. The maximum atomic E-state index is 12.4. The predicted octanol–water partition coefficient (Wildman–Crippen LogP) is 6.69. The van der Waals surface area contributed by atoms with Crippen LogP contribution in [0.1, 0.15) is 23.9 Å². The van der Waals surface area contributed by atoms with E-state index in [1.54, 1.807) is 24.4 Å². The summed E-state index contributed by atoms with van der Waals surface area (Å²) >= 11 is 19.6. The van der Waals surface area contributed by atoms with E-state index in [-0.39, 0.29) is 11.2 Å². The molecule has 0 aliphatic rings. The van der Waals surface area contributed by atoms with Gasteiger partial charge in [0.05, 0.1) is 11.5 Å². The van der Waals surface area contributed by atoms with Gasteiger partial charge in [0.2, 0.25) is 0 Å². The number of thioether (sulfide) groups is 1. The molecule has 0 unspecified atom stereocenters. The maximum absolute atomic E-state index is 12.4. The zero-order valence-electron chi connectivity index (χ0n) is 16.6. The highest BCUT2D eigenvalue weighted by Gasteiger charge is 2.14. The fraction of sp³-hybridized carbons (Fsp3) is 0.182. The summed E-state index contributed by atoms with van der Waals surface area (Å²) in [6.45, 7) is 5.80. The number of nitrogens with zero attached hydrogens (tertiary/aromatic N) is 2. The highest BCUT2D eigenvalue weighted by atomic mass is 35.5. The van der Waals surface area contributed by atoms with Crippen molar-refractivity contribution < 1.29 is 4.79 Å². The van der Waals surface area contributed by atoms with Crippen molar-refractivity contribution in [3.05, 3.63) is 80.6 Å². The van der Waals surface area contributed by atoms with Crippen LogP contribution in [0.15, 0.2) is 58.5 Å². The Morgan fingerprint density at radius 1 is 1.03 bits per heavy atom. The molecule has 0 saturated heterocycles. The number of hydrogen-bond acceptors (Lipinski definition) is 3. The molecule has 0 radical (unpaired) electrons. The minimum atomic E-state index is -0.302. The first-order chi connectivity index (χ1) is 14.2. The molecule has 1 atom stereocenters. The van der Waals surface area contributed by atoms with Crippen molar-refractivity contribution >= 4 is 58.7 Å². The number of carbonyl (C=O) groups is 1. The number of amides is 1. The normalized spacial score (nSPS) is 12.3. The summed E-state index contributed by atoms with van der Waals surface area (Å²) in [4.78, 5) is 13.3. The van der Waals surface area contributed by atoms with E-state index >= 15 is 0 Å².